The topological polar surface area (TPSA) is 46.9 Å². The molecule has 22 heavy (non-hydrogen) atoms. The van der Waals surface area contributed by atoms with Gasteiger partial charge in [0.2, 0.25) is 5.91 Å². The van der Waals surface area contributed by atoms with Crippen LogP contribution in [0, 0.1) is 5.92 Å². The highest BCUT2D eigenvalue weighted by Gasteiger charge is 2.27. The number of aromatic nitrogens is 2. The van der Waals surface area contributed by atoms with Crippen LogP contribution in [0.15, 0.2) is 36.7 Å². The van der Waals surface area contributed by atoms with Gasteiger partial charge in [0.1, 0.15) is 11.9 Å². The molecule has 1 saturated carbocycles. The molecule has 0 bridgehead atoms. The first kappa shape index (κ1) is 15.1. The number of amides is 1. The van der Waals surface area contributed by atoms with E-state index < -0.39 is 0 Å². The molecule has 1 atom stereocenters. The van der Waals surface area contributed by atoms with Crippen LogP contribution in [0.4, 0.5) is 0 Å². The summed E-state index contributed by atoms with van der Waals surface area (Å²) in [5.41, 5.74) is 0.991. The van der Waals surface area contributed by atoms with Crippen molar-refractivity contribution in [2.45, 2.75) is 31.7 Å². The largest absolute Gasteiger partial charge is 0.342 e. The average molecular weight is 318 g/mol. The van der Waals surface area contributed by atoms with E-state index in [1.807, 2.05) is 42.1 Å². The Balaban J connectivity index is 1.87. The summed E-state index contributed by atoms with van der Waals surface area (Å²) in [5, 5.41) is 3.86. The minimum Gasteiger partial charge on any atom is -0.342 e. The van der Waals surface area contributed by atoms with Crippen molar-refractivity contribution in [1.82, 2.24) is 14.9 Å². The number of hydrogen-bond donors (Lipinski definition) is 1. The Morgan fingerprint density at radius 3 is 2.59 bits per heavy atom. The summed E-state index contributed by atoms with van der Waals surface area (Å²) in [5.74, 6) is 1.09. The Bertz CT molecular complexity index is 644. The smallest absolute Gasteiger partial charge is 0.223 e. The van der Waals surface area contributed by atoms with Gasteiger partial charge in [-0.25, -0.2) is 4.98 Å². The number of carbonyl (C=O) groups is 1. The first-order valence-corrected chi connectivity index (χ1v) is 8.06. The molecule has 0 radical (unpaired) electrons. The highest BCUT2D eigenvalue weighted by molar-refractivity contribution is 6.30. The first-order valence-electron chi connectivity index (χ1n) is 7.68. The maximum Gasteiger partial charge on any atom is 0.223 e. The van der Waals surface area contributed by atoms with Gasteiger partial charge in [-0.2, -0.15) is 0 Å². The predicted octanol–water partition coefficient (Wildman–Crippen LogP) is 3.47. The lowest BCUT2D eigenvalue weighted by molar-refractivity contribution is -0.125. The number of rotatable bonds is 4. The fourth-order valence-electron chi connectivity index (χ4n) is 3.06. The van der Waals surface area contributed by atoms with Crippen molar-refractivity contribution in [1.29, 1.82) is 0 Å². The average Bonchev–Trinajstić information content (AvgIpc) is 3.17. The van der Waals surface area contributed by atoms with Crippen LogP contribution in [-0.2, 0) is 11.8 Å². The van der Waals surface area contributed by atoms with Gasteiger partial charge < -0.3 is 9.88 Å². The zero-order valence-corrected chi connectivity index (χ0v) is 13.4. The number of hydrogen-bond acceptors (Lipinski definition) is 2. The molecule has 0 saturated heterocycles. The third-order valence-electron chi connectivity index (χ3n) is 4.33. The molecule has 4 nitrogen and oxygen atoms in total. The van der Waals surface area contributed by atoms with Crippen molar-refractivity contribution in [3.05, 3.63) is 53.1 Å². The van der Waals surface area contributed by atoms with Gasteiger partial charge in [0.25, 0.3) is 0 Å². The molecular formula is C17H20ClN3O. The summed E-state index contributed by atoms with van der Waals surface area (Å²) < 4.78 is 1.94. The van der Waals surface area contributed by atoms with E-state index in [0.717, 1.165) is 37.1 Å². The number of aryl methyl sites for hydroxylation is 1. The van der Waals surface area contributed by atoms with E-state index in [9.17, 15) is 4.79 Å². The van der Waals surface area contributed by atoms with Gasteiger partial charge in [-0.15, -0.1) is 0 Å². The van der Waals surface area contributed by atoms with Crippen molar-refractivity contribution in [3.8, 4) is 0 Å². The molecule has 2 aromatic rings. The Hall–Kier alpha value is -1.81. The molecule has 3 rings (SSSR count). The zero-order chi connectivity index (χ0) is 15.5. The molecule has 1 N–H and O–H groups in total. The Morgan fingerprint density at radius 2 is 2.00 bits per heavy atom. The molecule has 5 heteroatoms. The second-order valence-corrected chi connectivity index (χ2v) is 6.31. The van der Waals surface area contributed by atoms with Crippen molar-refractivity contribution < 1.29 is 4.79 Å². The molecule has 1 aliphatic rings. The highest BCUT2D eigenvalue weighted by atomic mass is 35.5. The molecule has 0 spiro atoms. The molecule has 0 aliphatic heterocycles. The standard InChI is InChI=1S/C17H20ClN3O/c1-21-11-10-19-16(21)15(12-6-8-14(18)9-7-12)20-17(22)13-4-2-3-5-13/h6-11,13,15H,2-5H2,1H3,(H,20,22). The molecule has 1 unspecified atom stereocenters. The zero-order valence-electron chi connectivity index (χ0n) is 12.6. The van der Waals surface area contributed by atoms with Crippen molar-refractivity contribution in [2.24, 2.45) is 13.0 Å². The first-order chi connectivity index (χ1) is 10.6. The number of carbonyl (C=O) groups excluding carboxylic acids is 1. The van der Waals surface area contributed by atoms with E-state index in [1.54, 1.807) is 6.20 Å². The fraction of sp³-hybridized carbons (Fsp3) is 0.412. The fourth-order valence-corrected chi connectivity index (χ4v) is 3.18. The molecule has 1 heterocycles. The molecule has 116 valence electrons. The van der Waals surface area contributed by atoms with Gasteiger partial charge in [0.15, 0.2) is 0 Å². The minimum absolute atomic E-state index is 0.125. The number of halogens is 1. The van der Waals surface area contributed by atoms with E-state index in [0.29, 0.717) is 5.02 Å². The monoisotopic (exact) mass is 317 g/mol. The summed E-state index contributed by atoms with van der Waals surface area (Å²) in [6.07, 6.45) is 7.90. The molecular weight excluding hydrogens is 298 g/mol. The van der Waals surface area contributed by atoms with Crippen molar-refractivity contribution >= 4 is 17.5 Å². The lowest BCUT2D eigenvalue weighted by Gasteiger charge is -2.21. The van der Waals surface area contributed by atoms with E-state index >= 15 is 0 Å². The summed E-state index contributed by atoms with van der Waals surface area (Å²) in [6.45, 7) is 0. The van der Waals surface area contributed by atoms with Crippen molar-refractivity contribution in [2.75, 3.05) is 0 Å². The third-order valence-corrected chi connectivity index (χ3v) is 4.58. The van der Waals surface area contributed by atoms with Crippen LogP contribution in [0.5, 0.6) is 0 Å². The van der Waals surface area contributed by atoms with Gasteiger partial charge in [0, 0.05) is 30.4 Å². The van der Waals surface area contributed by atoms with E-state index in [-0.39, 0.29) is 17.9 Å². The molecule has 1 aliphatic carbocycles. The lowest BCUT2D eigenvalue weighted by atomic mass is 10.0. The highest BCUT2D eigenvalue weighted by Crippen LogP contribution is 2.27. The normalized spacial score (nSPS) is 16.6. The van der Waals surface area contributed by atoms with Gasteiger partial charge in [-0.3, -0.25) is 4.79 Å². The Morgan fingerprint density at radius 1 is 1.32 bits per heavy atom. The minimum atomic E-state index is -0.245. The van der Waals surface area contributed by atoms with Crippen LogP contribution < -0.4 is 5.32 Å². The number of nitrogens with one attached hydrogen (secondary N) is 1. The summed E-state index contributed by atoms with van der Waals surface area (Å²) in [6, 6.07) is 7.32. The van der Waals surface area contributed by atoms with Gasteiger partial charge in [-0.1, -0.05) is 36.6 Å². The van der Waals surface area contributed by atoms with Crippen LogP contribution in [0.25, 0.3) is 0 Å². The van der Waals surface area contributed by atoms with Gasteiger partial charge in [-0.05, 0) is 30.5 Å². The van der Waals surface area contributed by atoms with Gasteiger partial charge >= 0.3 is 0 Å². The quantitative estimate of drug-likeness (QED) is 0.938. The van der Waals surface area contributed by atoms with Crippen LogP contribution in [0.3, 0.4) is 0 Å². The third kappa shape index (κ3) is 3.17. The van der Waals surface area contributed by atoms with E-state index in [1.165, 1.54) is 0 Å². The summed E-state index contributed by atoms with van der Waals surface area (Å²) >= 11 is 5.97. The maximum absolute atomic E-state index is 12.5. The lowest BCUT2D eigenvalue weighted by Crippen LogP contribution is -2.34. The van der Waals surface area contributed by atoms with Crippen LogP contribution in [0.2, 0.25) is 5.02 Å². The van der Waals surface area contributed by atoms with Crippen LogP contribution >= 0.6 is 11.6 Å². The van der Waals surface area contributed by atoms with Gasteiger partial charge in [0.05, 0.1) is 0 Å². The number of benzene rings is 1. The maximum atomic E-state index is 12.5. The molecule has 1 amide bonds. The number of nitrogens with zero attached hydrogens (tertiary/aromatic N) is 2. The van der Waals surface area contributed by atoms with E-state index in [2.05, 4.69) is 10.3 Å². The van der Waals surface area contributed by atoms with E-state index in [4.69, 9.17) is 11.6 Å². The SMILES string of the molecule is Cn1ccnc1C(NC(=O)C1CCCC1)c1ccc(Cl)cc1. The number of imidazole rings is 1. The van der Waals surface area contributed by atoms with Crippen LogP contribution in [0.1, 0.15) is 43.1 Å². The summed E-state index contributed by atoms with van der Waals surface area (Å²) in [7, 11) is 1.94. The second-order valence-electron chi connectivity index (χ2n) is 5.87. The molecule has 1 aromatic carbocycles. The molecule has 1 fully saturated rings. The Kier molecular flexibility index (Phi) is 4.48. The molecule has 1 aromatic heterocycles. The predicted molar refractivity (Wildman–Crippen MR) is 86.6 cm³/mol. The van der Waals surface area contributed by atoms with Crippen LogP contribution in [-0.4, -0.2) is 15.5 Å². The summed E-state index contributed by atoms with van der Waals surface area (Å²) in [4.78, 5) is 16.9. The van der Waals surface area contributed by atoms with Crippen molar-refractivity contribution in [3.63, 3.8) is 0 Å². The second kappa shape index (κ2) is 6.53. The Labute approximate surface area is 135 Å².